The van der Waals surface area contributed by atoms with E-state index in [9.17, 15) is 0 Å². The molecule has 2 aromatic rings. The van der Waals surface area contributed by atoms with Gasteiger partial charge in [-0.1, -0.05) is 18.2 Å². The highest BCUT2D eigenvalue weighted by molar-refractivity contribution is 5.44. The molecule has 0 aliphatic rings. The van der Waals surface area contributed by atoms with Crippen LogP contribution in [0.5, 0.6) is 11.5 Å². The Balaban J connectivity index is 2.10. The van der Waals surface area contributed by atoms with Crippen LogP contribution in [0.2, 0.25) is 0 Å². The number of anilines is 1. The Morgan fingerprint density at radius 3 is 2.63 bits per heavy atom. The van der Waals surface area contributed by atoms with Crippen LogP contribution in [0.15, 0.2) is 42.6 Å². The van der Waals surface area contributed by atoms with Crippen LogP contribution in [0, 0.1) is 0 Å². The van der Waals surface area contributed by atoms with Gasteiger partial charge in [0.2, 0.25) is 0 Å². The maximum absolute atomic E-state index is 5.80. The van der Waals surface area contributed by atoms with E-state index in [2.05, 4.69) is 10.3 Å². The van der Waals surface area contributed by atoms with E-state index < -0.39 is 0 Å². The topological polar surface area (TPSA) is 43.4 Å². The third-order valence-corrected chi connectivity index (χ3v) is 2.69. The van der Waals surface area contributed by atoms with Crippen LogP contribution in [-0.2, 0) is 6.61 Å². The minimum Gasteiger partial charge on any atom is -0.493 e. The molecule has 0 radical (unpaired) electrons. The van der Waals surface area contributed by atoms with Crippen molar-refractivity contribution in [3.63, 3.8) is 0 Å². The van der Waals surface area contributed by atoms with E-state index in [1.165, 1.54) is 0 Å². The molecule has 0 saturated carbocycles. The molecule has 0 unspecified atom stereocenters. The molecule has 1 heterocycles. The van der Waals surface area contributed by atoms with Gasteiger partial charge < -0.3 is 14.8 Å². The molecule has 19 heavy (non-hydrogen) atoms. The number of nitrogens with one attached hydrogen (secondary N) is 1. The van der Waals surface area contributed by atoms with Crippen molar-refractivity contribution in [2.24, 2.45) is 0 Å². The van der Waals surface area contributed by atoms with E-state index in [4.69, 9.17) is 9.47 Å². The first kappa shape index (κ1) is 13.2. The van der Waals surface area contributed by atoms with Crippen molar-refractivity contribution in [1.82, 2.24) is 4.98 Å². The maximum Gasteiger partial charge on any atom is 0.161 e. The summed E-state index contributed by atoms with van der Waals surface area (Å²) in [5.74, 6) is 2.33. The van der Waals surface area contributed by atoms with Gasteiger partial charge in [-0.2, -0.15) is 0 Å². The number of benzene rings is 1. The van der Waals surface area contributed by atoms with Gasteiger partial charge in [0, 0.05) is 18.3 Å². The average Bonchev–Trinajstić information content (AvgIpc) is 2.47. The number of rotatable bonds is 6. The zero-order chi connectivity index (χ0) is 13.5. The lowest BCUT2D eigenvalue weighted by Crippen LogP contribution is -2.06. The number of ether oxygens (including phenoxy) is 2. The molecule has 1 N–H and O–H groups in total. The van der Waals surface area contributed by atoms with Crippen LogP contribution in [0.1, 0.15) is 12.5 Å². The van der Waals surface area contributed by atoms with E-state index in [1.807, 2.05) is 43.3 Å². The molecule has 0 spiro atoms. The van der Waals surface area contributed by atoms with Gasteiger partial charge in [0.15, 0.2) is 11.5 Å². The van der Waals surface area contributed by atoms with Crippen LogP contribution in [-0.4, -0.2) is 18.6 Å². The van der Waals surface area contributed by atoms with Crippen LogP contribution < -0.4 is 14.8 Å². The number of pyridine rings is 1. The number of nitrogens with zero attached hydrogens (tertiary/aromatic N) is 1. The van der Waals surface area contributed by atoms with Gasteiger partial charge >= 0.3 is 0 Å². The van der Waals surface area contributed by atoms with Gasteiger partial charge in [0.25, 0.3) is 0 Å². The summed E-state index contributed by atoms with van der Waals surface area (Å²) in [6.07, 6.45) is 1.77. The minimum atomic E-state index is 0.455. The first-order valence-corrected chi connectivity index (χ1v) is 6.28. The fraction of sp³-hybridized carbons (Fsp3) is 0.267. The predicted molar refractivity (Wildman–Crippen MR) is 75.7 cm³/mol. The standard InChI is InChI=1S/C15H18N2O2/c1-3-16-15-12(7-6-10-17-15)11-19-14-9-5-4-8-13(14)18-2/h4-10H,3,11H2,1-2H3,(H,16,17). The van der Waals surface area contributed by atoms with Gasteiger partial charge in [0.1, 0.15) is 12.4 Å². The normalized spacial score (nSPS) is 10.0. The molecule has 4 nitrogen and oxygen atoms in total. The Labute approximate surface area is 113 Å². The average molecular weight is 258 g/mol. The Hall–Kier alpha value is -2.23. The van der Waals surface area contributed by atoms with Crippen molar-refractivity contribution in [2.75, 3.05) is 19.0 Å². The van der Waals surface area contributed by atoms with E-state index in [0.717, 1.165) is 29.4 Å². The molecule has 1 aromatic carbocycles. The van der Waals surface area contributed by atoms with Crippen molar-refractivity contribution < 1.29 is 9.47 Å². The molecule has 0 aliphatic carbocycles. The Kier molecular flexibility index (Phi) is 4.61. The highest BCUT2D eigenvalue weighted by Gasteiger charge is 2.06. The largest absolute Gasteiger partial charge is 0.493 e. The highest BCUT2D eigenvalue weighted by atomic mass is 16.5. The molecule has 0 fully saturated rings. The molecule has 1 aromatic heterocycles. The number of para-hydroxylation sites is 2. The molecule has 4 heteroatoms. The summed E-state index contributed by atoms with van der Waals surface area (Å²) < 4.78 is 11.1. The van der Waals surface area contributed by atoms with Crippen molar-refractivity contribution in [2.45, 2.75) is 13.5 Å². The van der Waals surface area contributed by atoms with Crippen molar-refractivity contribution >= 4 is 5.82 Å². The Morgan fingerprint density at radius 1 is 1.11 bits per heavy atom. The lowest BCUT2D eigenvalue weighted by atomic mass is 10.2. The fourth-order valence-electron chi connectivity index (χ4n) is 1.78. The molecule has 2 rings (SSSR count). The van der Waals surface area contributed by atoms with Crippen molar-refractivity contribution in [1.29, 1.82) is 0 Å². The summed E-state index contributed by atoms with van der Waals surface area (Å²) in [5, 5.41) is 3.22. The SMILES string of the molecule is CCNc1ncccc1COc1ccccc1OC. The third-order valence-electron chi connectivity index (χ3n) is 2.69. The van der Waals surface area contributed by atoms with Crippen LogP contribution in [0.4, 0.5) is 5.82 Å². The minimum absolute atomic E-state index is 0.455. The second kappa shape index (κ2) is 6.64. The first-order chi connectivity index (χ1) is 9.35. The summed E-state index contributed by atoms with van der Waals surface area (Å²) in [4.78, 5) is 4.30. The number of hydrogen-bond acceptors (Lipinski definition) is 4. The second-order valence-electron chi connectivity index (χ2n) is 3.98. The molecule has 0 saturated heterocycles. The van der Waals surface area contributed by atoms with E-state index >= 15 is 0 Å². The van der Waals surface area contributed by atoms with Gasteiger partial charge in [-0.15, -0.1) is 0 Å². The molecule has 0 aliphatic heterocycles. The summed E-state index contributed by atoms with van der Waals surface area (Å²) in [6, 6.07) is 11.5. The Morgan fingerprint density at radius 2 is 1.89 bits per heavy atom. The van der Waals surface area contributed by atoms with Gasteiger partial charge in [-0.3, -0.25) is 0 Å². The van der Waals surface area contributed by atoms with Crippen LogP contribution in [0.3, 0.4) is 0 Å². The first-order valence-electron chi connectivity index (χ1n) is 6.28. The summed E-state index contributed by atoms with van der Waals surface area (Å²) in [7, 11) is 1.64. The summed E-state index contributed by atoms with van der Waals surface area (Å²) >= 11 is 0. The van der Waals surface area contributed by atoms with Gasteiger partial charge in [0.05, 0.1) is 7.11 Å². The summed E-state index contributed by atoms with van der Waals surface area (Å²) in [5.41, 5.74) is 1.02. The van der Waals surface area contributed by atoms with E-state index in [-0.39, 0.29) is 0 Å². The summed E-state index contributed by atoms with van der Waals surface area (Å²) in [6.45, 7) is 3.33. The number of methoxy groups -OCH3 is 1. The lowest BCUT2D eigenvalue weighted by Gasteiger charge is -2.12. The zero-order valence-corrected chi connectivity index (χ0v) is 11.2. The molecule has 0 atom stereocenters. The third kappa shape index (κ3) is 3.37. The van der Waals surface area contributed by atoms with Gasteiger partial charge in [-0.05, 0) is 25.1 Å². The van der Waals surface area contributed by atoms with Gasteiger partial charge in [-0.25, -0.2) is 4.98 Å². The number of aromatic nitrogens is 1. The maximum atomic E-state index is 5.80. The molecular weight excluding hydrogens is 240 g/mol. The van der Waals surface area contributed by atoms with E-state index in [1.54, 1.807) is 13.3 Å². The molecular formula is C15H18N2O2. The monoisotopic (exact) mass is 258 g/mol. The second-order valence-corrected chi connectivity index (χ2v) is 3.98. The Bertz CT molecular complexity index is 529. The van der Waals surface area contributed by atoms with Crippen LogP contribution in [0.25, 0.3) is 0 Å². The fourth-order valence-corrected chi connectivity index (χ4v) is 1.78. The van der Waals surface area contributed by atoms with Crippen molar-refractivity contribution in [3.8, 4) is 11.5 Å². The van der Waals surface area contributed by atoms with Crippen molar-refractivity contribution in [3.05, 3.63) is 48.2 Å². The lowest BCUT2D eigenvalue weighted by molar-refractivity contribution is 0.284. The van der Waals surface area contributed by atoms with E-state index in [0.29, 0.717) is 6.61 Å². The zero-order valence-electron chi connectivity index (χ0n) is 11.2. The predicted octanol–water partition coefficient (Wildman–Crippen LogP) is 3.10. The number of hydrogen-bond donors (Lipinski definition) is 1. The molecule has 0 bridgehead atoms. The smallest absolute Gasteiger partial charge is 0.161 e. The molecule has 0 amide bonds. The quantitative estimate of drug-likeness (QED) is 0.864. The van der Waals surface area contributed by atoms with Crippen LogP contribution >= 0.6 is 0 Å². The molecule has 100 valence electrons. The highest BCUT2D eigenvalue weighted by Crippen LogP contribution is 2.27.